The molecule has 0 atom stereocenters. The largest absolute Gasteiger partial charge is 0.498 e. The Morgan fingerprint density at radius 3 is 2.92 bits per heavy atom. The van der Waals surface area contributed by atoms with Crippen molar-refractivity contribution in [3.63, 3.8) is 0 Å². The van der Waals surface area contributed by atoms with Crippen LogP contribution in [-0.2, 0) is 0 Å². The molecule has 2 N–H and O–H groups in total. The van der Waals surface area contributed by atoms with Gasteiger partial charge in [-0.3, -0.25) is 0 Å². The van der Waals surface area contributed by atoms with Crippen molar-refractivity contribution >= 4 is 6.08 Å². The van der Waals surface area contributed by atoms with Gasteiger partial charge in [0.15, 0.2) is 5.75 Å². The van der Waals surface area contributed by atoms with Gasteiger partial charge in [-0.05, 0) is 12.1 Å². The number of aliphatic hydroxyl groups excluding tert-OH is 1. The fraction of sp³-hybridized carbons (Fsp3) is 0.200. The van der Waals surface area contributed by atoms with E-state index in [4.69, 9.17) is 9.84 Å². The first-order valence-corrected chi connectivity index (χ1v) is 3.76. The number of rotatable bonds is 3. The first-order chi connectivity index (χ1) is 6.27. The van der Waals surface area contributed by atoms with Crippen LogP contribution in [0.4, 0.5) is 0 Å². The van der Waals surface area contributed by atoms with E-state index in [1.54, 1.807) is 18.2 Å². The van der Waals surface area contributed by atoms with Gasteiger partial charge < -0.3 is 14.9 Å². The van der Waals surface area contributed by atoms with Gasteiger partial charge in [0.2, 0.25) is 5.75 Å². The molecule has 0 aliphatic heterocycles. The Hall–Kier alpha value is -1.66. The number of aliphatic hydroxyl groups is 1. The maximum Gasteiger partial charge on any atom is 0.210 e. The standard InChI is InChI=1S/C10H10O3/c1-13-10-7-8(3-2-6-11)4-5-9(10)12/h2-3,7,11-12H,6H2,1H3. The van der Waals surface area contributed by atoms with Gasteiger partial charge >= 0.3 is 0 Å². The molecular weight excluding hydrogens is 168 g/mol. The third kappa shape index (κ3) is 2.39. The summed E-state index contributed by atoms with van der Waals surface area (Å²) < 4.78 is 4.87. The van der Waals surface area contributed by atoms with Crippen molar-refractivity contribution in [3.05, 3.63) is 29.8 Å². The van der Waals surface area contributed by atoms with Gasteiger partial charge in [-0.15, -0.1) is 0 Å². The molecule has 0 unspecified atom stereocenters. The van der Waals surface area contributed by atoms with Crippen LogP contribution < -0.4 is 4.74 Å². The van der Waals surface area contributed by atoms with Crippen molar-refractivity contribution in [2.24, 2.45) is 0 Å². The Morgan fingerprint density at radius 2 is 2.31 bits per heavy atom. The van der Waals surface area contributed by atoms with E-state index in [1.807, 2.05) is 0 Å². The number of methoxy groups -OCH3 is 1. The lowest BCUT2D eigenvalue weighted by Gasteiger charge is -1.99. The highest BCUT2D eigenvalue weighted by molar-refractivity contribution is 5.52. The van der Waals surface area contributed by atoms with Crippen LogP contribution in [0, 0.1) is 12.1 Å². The number of ether oxygens (including phenoxy) is 1. The molecule has 0 saturated heterocycles. The van der Waals surface area contributed by atoms with Crippen LogP contribution in [0.1, 0.15) is 5.56 Å². The van der Waals surface area contributed by atoms with Gasteiger partial charge in [0.1, 0.15) is 0 Å². The maximum absolute atomic E-state index is 9.18. The molecule has 0 aliphatic carbocycles. The van der Waals surface area contributed by atoms with Crippen LogP contribution in [0.3, 0.4) is 0 Å². The Morgan fingerprint density at radius 1 is 1.54 bits per heavy atom. The van der Waals surface area contributed by atoms with E-state index < -0.39 is 0 Å². The van der Waals surface area contributed by atoms with Gasteiger partial charge in [-0.1, -0.05) is 12.1 Å². The lowest BCUT2D eigenvalue weighted by atomic mass is 10.2. The van der Waals surface area contributed by atoms with Gasteiger partial charge in [0, 0.05) is 11.6 Å². The Balaban J connectivity index is 2.92. The summed E-state index contributed by atoms with van der Waals surface area (Å²) in [7, 11) is 1.46. The molecule has 0 spiro atoms. The number of aromatic hydroxyl groups is 1. The van der Waals surface area contributed by atoms with E-state index in [0.717, 1.165) is 0 Å². The zero-order chi connectivity index (χ0) is 9.68. The third-order valence-corrected chi connectivity index (χ3v) is 1.47. The first-order valence-electron chi connectivity index (χ1n) is 3.76. The van der Waals surface area contributed by atoms with Gasteiger partial charge in [0.25, 0.3) is 0 Å². The minimum Gasteiger partial charge on any atom is -0.498 e. The highest BCUT2D eigenvalue weighted by Crippen LogP contribution is 2.23. The molecule has 1 aromatic carbocycles. The first kappa shape index (κ1) is 9.43. The quantitative estimate of drug-likeness (QED) is 0.726. The average Bonchev–Trinajstić information content (AvgIpc) is 2.16. The summed E-state index contributed by atoms with van der Waals surface area (Å²) in [5.41, 5.74) is 0.698. The molecule has 1 aromatic rings. The molecule has 0 radical (unpaired) electrons. The Bertz CT molecular complexity index is 305. The lowest BCUT2D eigenvalue weighted by Crippen LogP contribution is -1.83. The molecule has 0 aliphatic rings. The van der Waals surface area contributed by atoms with E-state index in [0.29, 0.717) is 11.3 Å². The molecule has 68 valence electrons. The van der Waals surface area contributed by atoms with Gasteiger partial charge in [-0.25, -0.2) is 0 Å². The van der Waals surface area contributed by atoms with Crippen LogP contribution in [0.25, 0.3) is 6.08 Å². The topological polar surface area (TPSA) is 49.7 Å². The molecular formula is C10H10O3. The number of hydrogen-bond donors (Lipinski definition) is 2. The predicted octanol–water partition coefficient (Wildman–Crippen LogP) is 1.01. The van der Waals surface area contributed by atoms with Crippen molar-refractivity contribution < 1.29 is 14.9 Å². The van der Waals surface area contributed by atoms with E-state index >= 15 is 0 Å². The fourth-order valence-electron chi connectivity index (χ4n) is 0.864. The van der Waals surface area contributed by atoms with E-state index in [-0.39, 0.29) is 12.4 Å². The van der Waals surface area contributed by atoms with Crippen molar-refractivity contribution in [1.82, 2.24) is 0 Å². The van der Waals surface area contributed by atoms with Crippen LogP contribution >= 0.6 is 0 Å². The van der Waals surface area contributed by atoms with Crippen LogP contribution in [0.15, 0.2) is 12.1 Å². The molecule has 0 bridgehead atoms. The molecule has 0 amide bonds. The second-order valence-electron chi connectivity index (χ2n) is 2.35. The Labute approximate surface area is 76.9 Å². The summed E-state index contributed by atoms with van der Waals surface area (Å²) in [5.74, 6) is 0.278. The minimum atomic E-state index is -0.0661. The van der Waals surface area contributed by atoms with E-state index in [2.05, 4.69) is 12.1 Å². The lowest BCUT2D eigenvalue weighted by molar-refractivity contribution is 0.343. The zero-order valence-electron chi connectivity index (χ0n) is 7.24. The molecule has 0 fully saturated rings. The molecule has 3 heteroatoms. The van der Waals surface area contributed by atoms with Gasteiger partial charge in [-0.2, -0.15) is 0 Å². The smallest absolute Gasteiger partial charge is 0.210 e. The van der Waals surface area contributed by atoms with Crippen molar-refractivity contribution in [2.75, 3.05) is 13.7 Å². The molecule has 13 heavy (non-hydrogen) atoms. The summed E-state index contributed by atoms with van der Waals surface area (Å²) in [6.45, 7) is -0.0307. The monoisotopic (exact) mass is 178 g/mol. The van der Waals surface area contributed by atoms with Crippen molar-refractivity contribution in [2.45, 2.75) is 0 Å². The molecule has 1 rings (SSSR count). The highest BCUT2D eigenvalue weighted by Gasteiger charge is 1.98. The molecule has 0 heterocycles. The van der Waals surface area contributed by atoms with Crippen molar-refractivity contribution in [3.8, 4) is 11.5 Å². The van der Waals surface area contributed by atoms with Crippen LogP contribution in [0.2, 0.25) is 0 Å². The summed E-state index contributed by atoms with van der Waals surface area (Å²) in [4.78, 5) is 0. The summed E-state index contributed by atoms with van der Waals surface area (Å²) in [5, 5.41) is 17.7. The molecule has 3 nitrogen and oxygen atoms in total. The SMILES string of the molecule is COc1cc(C=CCO)c#cc1O. The summed E-state index contributed by atoms with van der Waals surface area (Å²) in [6, 6.07) is 6.80. The second kappa shape index (κ2) is 4.39. The maximum atomic E-state index is 9.18. The average molecular weight is 178 g/mol. The second-order valence-corrected chi connectivity index (χ2v) is 2.35. The zero-order valence-corrected chi connectivity index (χ0v) is 7.24. The predicted molar refractivity (Wildman–Crippen MR) is 48.5 cm³/mol. The van der Waals surface area contributed by atoms with Crippen LogP contribution in [0.5, 0.6) is 11.5 Å². The summed E-state index contributed by atoms with van der Waals surface area (Å²) in [6.07, 6.45) is 3.23. The summed E-state index contributed by atoms with van der Waals surface area (Å²) >= 11 is 0. The third-order valence-electron chi connectivity index (χ3n) is 1.47. The normalized spacial score (nSPS) is 10.0. The minimum absolute atomic E-state index is 0.0307. The highest BCUT2D eigenvalue weighted by atomic mass is 16.5. The Kier molecular flexibility index (Phi) is 3.18. The van der Waals surface area contributed by atoms with Crippen molar-refractivity contribution in [1.29, 1.82) is 0 Å². The number of hydrogen-bond acceptors (Lipinski definition) is 3. The molecule has 0 aromatic heterocycles. The van der Waals surface area contributed by atoms with Gasteiger partial charge in [0.05, 0.1) is 13.7 Å². The van der Waals surface area contributed by atoms with E-state index in [9.17, 15) is 5.11 Å². The van der Waals surface area contributed by atoms with Crippen LogP contribution in [-0.4, -0.2) is 23.9 Å². The van der Waals surface area contributed by atoms with E-state index in [1.165, 1.54) is 7.11 Å². The molecule has 0 saturated carbocycles. The fourth-order valence-corrected chi connectivity index (χ4v) is 0.864.